The topological polar surface area (TPSA) is 37.8 Å². The summed E-state index contributed by atoms with van der Waals surface area (Å²) in [6.07, 6.45) is 2.44. The van der Waals surface area contributed by atoms with E-state index >= 15 is 0 Å². The van der Waals surface area contributed by atoms with Crippen molar-refractivity contribution in [2.75, 3.05) is 5.32 Å². The van der Waals surface area contributed by atoms with E-state index < -0.39 is 0 Å². The van der Waals surface area contributed by atoms with Crippen molar-refractivity contribution < 1.29 is 0 Å². The van der Waals surface area contributed by atoms with Crippen LogP contribution >= 0.6 is 27.5 Å². The van der Waals surface area contributed by atoms with E-state index in [9.17, 15) is 0 Å². The molecule has 0 aliphatic heterocycles. The van der Waals surface area contributed by atoms with Crippen LogP contribution in [-0.4, -0.2) is 16.2 Å². The first kappa shape index (κ1) is 8.26. The monoisotopic (exact) mass is 247 g/mol. The molecule has 64 valence electrons. The van der Waals surface area contributed by atoms with Gasteiger partial charge in [0.15, 0.2) is 11.0 Å². The first-order valence-corrected chi connectivity index (χ1v) is 4.88. The maximum atomic E-state index is 5.64. The van der Waals surface area contributed by atoms with Crippen molar-refractivity contribution >= 4 is 33.3 Å². The largest absolute Gasteiger partial charge is 0.365 e. The Kier molecular flexibility index (Phi) is 2.19. The third-order valence-electron chi connectivity index (χ3n) is 1.64. The number of hydrogen-bond donors (Lipinski definition) is 1. The van der Waals surface area contributed by atoms with E-state index in [0.29, 0.717) is 11.2 Å². The van der Waals surface area contributed by atoms with Crippen molar-refractivity contribution in [2.45, 2.75) is 18.9 Å². The summed E-state index contributed by atoms with van der Waals surface area (Å²) in [5.74, 6) is 0.780. The molecule has 12 heavy (non-hydrogen) atoms. The van der Waals surface area contributed by atoms with Crippen LogP contribution in [0.4, 0.5) is 5.82 Å². The molecule has 5 heteroatoms. The van der Waals surface area contributed by atoms with Crippen LogP contribution < -0.4 is 5.32 Å². The van der Waals surface area contributed by atoms with Gasteiger partial charge < -0.3 is 5.32 Å². The Labute approximate surface area is 83.6 Å². The summed E-state index contributed by atoms with van der Waals surface area (Å²) in [6, 6.07) is 2.32. The number of rotatable bonds is 2. The van der Waals surface area contributed by atoms with Gasteiger partial charge in [0.1, 0.15) is 0 Å². The van der Waals surface area contributed by atoms with Gasteiger partial charge in [-0.15, -0.1) is 10.2 Å². The minimum atomic E-state index is 0.406. The van der Waals surface area contributed by atoms with Crippen LogP contribution in [0.3, 0.4) is 0 Å². The van der Waals surface area contributed by atoms with Crippen molar-refractivity contribution in [2.24, 2.45) is 0 Å². The molecule has 0 amide bonds. The number of nitrogens with zero attached hydrogens (tertiary/aromatic N) is 2. The number of halogens is 2. The average Bonchev–Trinajstić information content (AvgIpc) is 2.79. The summed E-state index contributed by atoms with van der Waals surface area (Å²) in [5.41, 5.74) is 0. The molecule has 1 fully saturated rings. The Bertz CT molecular complexity index is 301. The molecule has 1 saturated carbocycles. The van der Waals surface area contributed by atoms with Crippen molar-refractivity contribution in [3.05, 3.63) is 15.7 Å². The highest BCUT2D eigenvalue weighted by atomic mass is 79.9. The molecule has 2 rings (SSSR count). The molecule has 1 aliphatic carbocycles. The van der Waals surface area contributed by atoms with Gasteiger partial charge in [0, 0.05) is 6.04 Å². The van der Waals surface area contributed by atoms with E-state index in [1.807, 2.05) is 0 Å². The zero-order chi connectivity index (χ0) is 8.55. The summed E-state index contributed by atoms with van der Waals surface area (Å²) in [4.78, 5) is 0. The summed E-state index contributed by atoms with van der Waals surface area (Å²) >= 11 is 8.99. The lowest BCUT2D eigenvalue weighted by atomic mass is 10.5. The fourth-order valence-electron chi connectivity index (χ4n) is 0.866. The zero-order valence-corrected chi connectivity index (χ0v) is 8.56. The lowest BCUT2D eigenvalue weighted by Gasteiger charge is -2.03. The summed E-state index contributed by atoms with van der Waals surface area (Å²) < 4.78 is 0.870. The van der Waals surface area contributed by atoms with Gasteiger partial charge in [-0.1, -0.05) is 11.6 Å². The minimum Gasteiger partial charge on any atom is -0.365 e. The molecule has 0 bridgehead atoms. The Morgan fingerprint density at radius 3 is 2.83 bits per heavy atom. The maximum absolute atomic E-state index is 5.64. The number of nitrogens with one attached hydrogen (secondary N) is 1. The highest BCUT2D eigenvalue weighted by Gasteiger charge is 2.22. The molecule has 0 atom stereocenters. The van der Waals surface area contributed by atoms with Crippen LogP contribution in [0.5, 0.6) is 0 Å². The number of hydrogen-bond acceptors (Lipinski definition) is 3. The maximum Gasteiger partial charge on any atom is 0.163 e. The number of aromatic nitrogens is 2. The predicted molar refractivity (Wildman–Crippen MR) is 51.4 cm³/mol. The Morgan fingerprint density at radius 2 is 2.25 bits per heavy atom. The second-order valence-corrected chi connectivity index (χ2v) is 4.02. The fourth-order valence-corrected chi connectivity index (χ4v) is 1.56. The molecule has 0 spiro atoms. The Balaban J connectivity index is 2.18. The molecular formula is C7H7BrClN3. The molecule has 0 saturated heterocycles. The highest BCUT2D eigenvalue weighted by Crippen LogP contribution is 2.28. The Morgan fingerprint density at radius 1 is 1.50 bits per heavy atom. The van der Waals surface area contributed by atoms with Gasteiger partial charge in [0.05, 0.1) is 4.47 Å². The molecule has 0 aromatic carbocycles. The van der Waals surface area contributed by atoms with E-state index in [0.717, 1.165) is 10.3 Å². The van der Waals surface area contributed by atoms with E-state index in [4.69, 9.17) is 11.6 Å². The van der Waals surface area contributed by atoms with E-state index in [-0.39, 0.29) is 0 Å². The first-order valence-electron chi connectivity index (χ1n) is 3.71. The smallest absolute Gasteiger partial charge is 0.163 e. The van der Waals surface area contributed by atoms with Gasteiger partial charge in [0.2, 0.25) is 0 Å². The van der Waals surface area contributed by atoms with Crippen molar-refractivity contribution in [3.63, 3.8) is 0 Å². The molecule has 0 unspecified atom stereocenters. The first-order chi connectivity index (χ1) is 5.75. The Hall–Kier alpha value is -0.350. The normalized spacial score (nSPS) is 16.2. The van der Waals surface area contributed by atoms with Crippen LogP contribution in [0, 0.1) is 0 Å². The molecule has 1 aliphatic rings. The molecule has 0 radical (unpaired) electrons. The quantitative estimate of drug-likeness (QED) is 0.874. The van der Waals surface area contributed by atoms with Crippen molar-refractivity contribution in [3.8, 4) is 0 Å². The molecule has 1 aromatic heterocycles. The summed E-state index contributed by atoms with van der Waals surface area (Å²) in [5, 5.41) is 11.3. The lowest BCUT2D eigenvalue weighted by Crippen LogP contribution is -2.04. The minimum absolute atomic E-state index is 0.406. The van der Waals surface area contributed by atoms with Crippen LogP contribution in [0.15, 0.2) is 10.5 Å². The second-order valence-electron chi connectivity index (χ2n) is 2.78. The third-order valence-corrected chi connectivity index (χ3v) is 2.42. The molecule has 1 N–H and O–H groups in total. The van der Waals surface area contributed by atoms with E-state index in [1.165, 1.54) is 12.8 Å². The fraction of sp³-hybridized carbons (Fsp3) is 0.429. The summed E-state index contributed by atoms with van der Waals surface area (Å²) in [6.45, 7) is 0. The third kappa shape index (κ3) is 1.87. The highest BCUT2D eigenvalue weighted by molar-refractivity contribution is 9.10. The van der Waals surface area contributed by atoms with Gasteiger partial charge in [-0.25, -0.2) is 0 Å². The van der Waals surface area contributed by atoms with Crippen LogP contribution in [-0.2, 0) is 0 Å². The number of anilines is 1. The van der Waals surface area contributed by atoms with E-state index in [2.05, 4.69) is 31.4 Å². The van der Waals surface area contributed by atoms with Crippen molar-refractivity contribution in [1.29, 1.82) is 0 Å². The second kappa shape index (κ2) is 3.18. The molecule has 3 nitrogen and oxygen atoms in total. The zero-order valence-electron chi connectivity index (χ0n) is 6.22. The standard InChI is InChI=1S/C7H7BrClN3/c8-5-3-6(9)11-12-7(5)10-4-1-2-4/h3-4H,1-2H2,(H,10,12). The van der Waals surface area contributed by atoms with Crippen LogP contribution in [0.1, 0.15) is 12.8 Å². The van der Waals surface area contributed by atoms with Gasteiger partial charge >= 0.3 is 0 Å². The molecule has 1 heterocycles. The average molecular weight is 249 g/mol. The van der Waals surface area contributed by atoms with Crippen LogP contribution in [0.25, 0.3) is 0 Å². The lowest BCUT2D eigenvalue weighted by molar-refractivity contribution is 0.992. The van der Waals surface area contributed by atoms with Gasteiger partial charge in [-0.2, -0.15) is 0 Å². The van der Waals surface area contributed by atoms with Gasteiger partial charge in [-0.05, 0) is 34.8 Å². The SMILES string of the molecule is Clc1cc(Br)c(NC2CC2)nn1. The predicted octanol–water partition coefficient (Wildman–Crippen LogP) is 2.47. The molecular weight excluding hydrogens is 241 g/mol. The van der Waals surface area contributed by atoms with Crippen LogP contribution in [0.2, 0.25) is 5.15 Å². The molecule has 1 aromatic rings. The van der Waals surface area contributed by atoms with Gasteiger partial charge in [0.25, 0.3) is 0 Å². The van der Waals surface area contributed by atoms with Gasteiger partial charge in [-0.3, -0.25) is 0 Å². The van der Waals surface area contributed by atoms with E-state index in [1.54, 1.807) is 6.07 Å². The van der Waals surface area contributed by atoms with Crippen molar-refractivity contribution in [1.82, 2.24) is 10.2 Å². The summed E-state index contributed by atoms with van der Waals surface area (Å²) in [7, 11) is 0.